The predicted octanol–water partition coefficient (Wildman–Crippen LogP) is 1.86. The van der Waals surface area contributed by atoms with Crippen LogP contribution >= 0.6 is 0 Å². The van der Waals surface area contributed by atoms with Crippen molar-refractivity contribution >= 4 is 17.2 Å². The standard InChI is InChI=1S/C14H8N2O5/c17-13(9-4-3-5-10(8-9)16(19)20)12-14(18)21-11-6-1-2-7-15(11)12/h1-8H/p+1. The van der Waals surface area contributed by atoms with Crippen LogP contribution in [0, 0.1) is 10.1 Å². The molecule has 0 fully saturated rings. The summed E-state index contributed by atoms with van der Waals surface area (Å²) in [6.07, 6.45) is 1.56. The van der Waals surface area contributed by atoms with E-state index < -0.39 is 16.7 Å². The van der Waals surface area contributed by atoms with Crippen molar-refractivity contribution in [1.82, 2.24) is 0 Å². The third kappa shape index (κ3) is 2.10. The number of oxazole rings is 1. The van der Waals surface area contributed by atoms with Crippen molar-refractivity contribution in [3.63, 3.8) is 0 Å². The molecule has 0 bridgehead atoms. The SMILES string of the molecule is O=C(c1cccc([N+](=O)[O-])c1)c1c(O)oc2cccc[n+]12. The minimum atomic E-state index is -0.586. The smallest absolute Gasteiger partial charge is 0.382 e. The van der Waals surface area contributed by atoms with Gasteiger partial charge in [-0.25, -0.2) is 0 Å². The van der Waals surface area contributed by atoms with Gasteiger partial charge in [0.1, 0.15) is 0 Å². The van der Waals surface area contributed by atoms with Gasteiger partial charge in [0.15, 0.2) is 6.20 Å². The van der Waals surface area contributed by atoms with Gasteiger partial charge in [-0.15, -0.1) is 4.40 Å². The highest BCUT2D eigenvalue weighted by molar-refractivity contribution is 6.08. The van der Waals surface area contributed by atoms with E-state index in [0.29, 0.717) is 5.71 Å². The fourth-order valence-corrected chi connectivity index (χ4v) is 2.05. The summed E-state index contributed by atoms with van der Waals surface area (Å²) < 4.78 is 6.47. The van der Waals surface area contributed by atoms with Gasteiger partial charge in [0.25, 0.3) is 11.5 Å². The number of ketones is 1. The van der Waals surface area contributed by atoms with Crippen LogP contribution in [0.25, 0.3) is 5.71 Å². The molecule has 0 amide bonds. The summed E-state index contributed by atoms with van der Waals surface area (Å²) in [6.45, 7) is 0. The molecule has 0 atom stereocenters. The molecule has 2 aromatic heterocycles. The summed E-state index contributed by atoms with van der Waals surface area (Å²) in [5, 5.41) is 20.6. The number of hydrogen-bond acceptors (Lipinski definition) is 5. The van der Waals surface area contributed by atoms with Crippen LogP contribution in [-0.4, -0.2) is 15.8 Å². The third-order valence-electron chi connectivity index (χ3n) is 3.00. The average molecular weight is 285 g/mol. The molecule has 3 aromatic rings. The summed E-state index contributed by atoms with van der Waals surface area (Å²) in [5.41, 5.74) is 0.117. The van der Waals surface area contributed by atoms with Crippen molar-refractivity contribution in [1.29, 1.82) is 0 Å². The van der Waals surface area contributed by atoms with Crippen molar-refractivity contribution in [2.45, 2.75) is 0 Å². The Labute approximate surface area is 117 Å². The average Bonchev–Trinajstić information content (AvgIpc) is 2.82. The second-order valence-corrected chi connectivity index (χ2v) is 4.30. The van der Waals surface area contributed by atoms with Gasteiger partial charge in [-0.05, 0) is 6.07 Å². The molecule has 7 nitrogen and oxygen atoms in total. The van der Waals surface area contributed by atoms with Crippen molar-refractivity contribution < 1.29 is 23.6 Å². The van der Waals surface area contributed by atoms with E-state index in [1.54, 1.807) is 24.4 Å². The largest absolute Gasteiger partial charge is 0.476 e. The first-order valence-corrected chi connectivity index (χ1v) is 5.99. The van der Waals surface area contributed by atoms with Crippen LogP contribution in [0.3, 0.4) is 0 Å². The second kappa shape index (κ2) is 4.71. The molecule has 21 heavy (non-hydrogen) atoms. The minimum absolute atomic E-state index is 0.0777. The molecule has 0 saturated heterocycles. The van der Waals surface area contributed by atoms with Crippen molar-refractivity contribution in [2.24, 2.45) is 0 Å². The van der Waals surface area contributed by atoms with Crippen molar-refractivity contribution in [3.05, 3.63) is 70.0 Å². The lowest BCUT2D eigenvalue weighted by Gasteiger charge is -1.96. The molecule has 104 valence electrons. The molecule has 0 unspecified atom stereocenters. The normalized spacial score (nSPS) is 10.7. The zero-order chi connectivity index (χ0) is 15.0. The van der Waals surface area contributed by atoms with Crippen LogP contribution in [0.15, 0.2) is 53.1 Å². The lowest BCUT2D eigenvalue weighted by molar-refractivity contribution is -0.516. The topological polar surface area (TPSA) is 97.7 Å². The Morgan fingerprint density at radius 1 is 1.24 bits per heavy atom. The summed E-state index contributed by atoms with van der Waals surface area (Å²) in [7, 11) is 0. The number of benzene rings is 1. The lowest BCUT2D eigenvalue weighted by Crippen LogP contribution is -2.27. The summed E-state index contributed by atoms with van der Waals surface area (Å²) >= 11 is 0. The number of aromatic nitrogens is 1. The van der Waals surface area contributed by atoms with Crippen LogP contribution in [0.1, 0.15) is 16.1 Å². The Morgan fingerprint density at radius 2 is 2.05 bits per heavy atom. The number of pyridine rings is 1. The molecule has 0 radical (unpaired) electrons. The fraction of sp³-hybridized carbons (Fsp3) is 0. The number of nitrogens with zero attached hydrogens (tertiary/aromatic N) is 2. The highest BCUT2D eigenvalue weighted by Crippen LogP contribution is 2.22. The van der Waals surface area contributed by atoms with Gasteiger partial charge in [0.2, 0.25) is 0 Å². The number of nitro benzene ring substituents is 1. The van der Waals surface area contributed by atoms with Crippen LogP contribution in [0.2, 0.25) is 0 Å². The molecular formula is C14H9N2O5+. The first-order chi connectivity index (χ1) is 10.1. The van der Waals surface area contributed by atoms with Crippen molar-refractivity contribution in [2.75, 3.05) is 0 Å². The third-order valence-corrected chi connectivity index (χ3v) is 3.00. The predicted molar refractivity (Wildman–Crippen MR) is 70.1 cm³/mol. The molecule has 0 spiro atoms. The number of nitro groups is 1. The van der Waals surface area contributed by atoms with Gasteiger partial charge in [0, 0.05) is 23.8 Å². The molecule has 0 aliphatic rings. The molecule has 7 heteroatoms. The first-order valence-electron chi connectivity index (χ1n) is 5.99. The molecule has 0 aliphatic heterocycles. The molecule has 0 aliphatic carbocycles. The van der Waals surface area contributed by atoms with E-state index in [-0.39, 0.29) is 16.9 Å². The van der Waals surface area contributed by atoms with Gasteiger partial charge in [-0.1, -0.05) is 12.1 Å². The molecule has 1 N–H and O–H groups in total. The van der Waals surface area contributed by atoms with Crippen molar-refractivity contribution in [3.8, 4) is 5.95 Å². The van der Waals surface area contributed by atoms with E-state index in [0.717, 1.165) is 6.07 Å². The van der Waals surface area contributed by atoms with Gasteiger partial charge in [-0.2, -0.15) is 0 Å². The van der Waals surface area contributed by atoms with Crippen LogP contribution in [0.4, 0.5) is 5.69 Å². The molecule has 1 aromatic carbocycles. The summed E-state index contributed by atoms with van der Waals surface area (Å²) in [4.78, 5) is 22.6. The molecular weight excluding hydrogens is 276 g/mol. The van der Waals surface area contributed by atoms with Gasteiger partial charge >= 0.3 is 17.4 Å². The minimum Gasteiger partial charge on any atom is -0.476 e. The highest BCUT2D eigenvalue weighted by atomic mass is 16.6. The number of aromatic hydroxyl groups is 1. The van der Waals surface area contributed by atoms with E-state index in [1.807, 2.05) is 0 Å². The van der Waals surface area contributed by atoms with E-state index in [4.69, 9.17) is 4.42 Å². The Hall–Kier alpha value is -3.22. The number of carbonyl (C=O) groups is 1. The maximum absolute atomic E-state index is 12.5. The number of hydrogen-bond donors (Lipinski definition) is 1. The zero-order valence-corrected chi connectivity index (χ0v) is 10.6. The monoisotopic (exact) mass is 285 g/mol. The molecule has 2 heterocycles. The maximum Gasteiger partial charge on any atom is 0.382 e. The molecule has 0 saturated carbocycles. The lowest BCUT2D eigenvalue weighted by atomic mass is 10.1. The zero-order valence-electron chi connectivity index (χ0n) is 10.6. The van der Waals surface area contributed by atoms with Crippen LogP contribution < -0.4 is 4.40 Å². The number of carbonyl (C=O) groups excluding carboxylic acids is 1. The fourth-order valence-electron chi connectivity index (χ4n) is 2.05. The summed E-state index contributed by atoms with van der Waals surface area (Å²) in [6, 6.07) is 10.3. The first kappa shape index (κ1) is 12.8. The Balaban J connectivity index is 2.15. The summed E-state index contributed by atoms with van der Waals surface area (Å²) in [5.74, 6) is -1.09. The molecule has 3 rings (SSSR count). The van der Waals surface area contributed by atoms with E-state index in [1.165, 1.54) is 22.6 Å². The van der Waals surface area contributed by atoms with E-state index >= 15 is 0 Å². The number of rotatable bonds is 3. The maximum atomic E-state index is 12.5. The van der Waals surface area contributed by atoms with Crippen LogP contribution in [0.5, 0.6) is 5.95 Å². The Kier molecular flexibility index (Phi) is 2.87. The van der Waals surface area contributed by atoms with Gasteiger partial charge in [0.05, 0.1) is 11.0 Å². The quantitative estimate of drug-likeness (QED) is 0.343. The van der Waals surface area contributed by atoms with Gasteiger partial charge < -0.3 is 9.52 Å². The van der Waals surface area contributed by atoms with E-state index in [9.17, 15) is 20.0 Å². The Bertz CT molecular complexity index is 869. The Morgan fingerprint density at radius 3 is 2.81 bits per heavy atom. The van der Waals surface area contributed by atoms with Gasteiger partial charge in [-0.3, -0.25) is 14.9 Å². The number of non-ortho nitro benzene ring substituents is 1. The van der Waals surface area contributed by atoms with Crippen LogP contribution in [-0.2, 0) is 0 Å². The highest BCUT2D eigenvalue weighted by Gasteiger charge is 2.31. The van der Waals surface area contributed by atoms with E-state index in [2.05, 4.69) is 0 Å². The second-order valence-electron chi connectivity index (χ2n) is 4.30. The number of fused-ring (bicyclic) bond motifs is 1.